The lowest BCUT2D eigenvalue weighted by Gasteiger charge is -2.15. The van der Waals surface area contributed by atoms with Gasteiger partial charge in [0.15, 0.2) is 0 Å². The van der Waals surface area contributed by atoms with E-state index in [-0.39, 0.29) is 0 Å². The number of rotatable bonds is 4. The summed E-state index contributed by atoms with van der Waals surface area (Å²) < 4.78 is 0. The fourth-order valence-electron chi connectivity index (χ4n) is 2.61. The van der Waals surface area contributed by atoms with Gasteiger partial charge in [0, 0.05) is 19.6 Å². The molecule has 1 aromatic carbocycles. The van der Waals surface area contributed by atoms with Crippen molar-refractivity contribution in [2.45, 2.75) is 26.8 Å². The van der Waals surface area contributed by atoms with Gasteiger partial charge in [0.1, 0.15) is 0 Å². The summed E-state index contributed by atoms with van der Waals surface area (Å²) in [7, 11) is 0. The molecule has 2 rings (SSSR count). The molecule has 2 nitrogen and oxygen atoms in total. The molecule has 2 N–H and O–H groups in total. The van der Waals surface area contributed by atoms with Crippen LogP contribution in [0, 0.1) is 11.8 Å². The van der Waals surface area contributed by atoms with Crippen LogP contribution in [0.2, 0.25) is 0 Å². The monoisotopic (exact) mass is 232 g/mol. The van der Waals surface area contributed by atoms with E-state index in [2.05, 4.69) is 43.0 Å². The number of likely N-dealkylation sites (tertiary alicyclic amines) is 1. The molecule has 1 aliphatic heterocycles. The molecule has 94 valence electrons. The molecule has 0 saturated carbocycles. The molecule has 1 fully saturated rings. The normalized spacial score (nSPS) is 25.4. The van der Waals surface area contributed by atoms with Crippen LogP contribution in [0.25, 0.3) is 0 Å². The number of nitrogens with two attached hydrogens (primary N) is 1. The van der Waals surface area contributed by atoms with Crippen molar-refractivity contribution in [2.24, 2.45) is 17.6 Å². The molecule has 1 heterocycles. The first-order chi connectivity index (χ1) is 8.19. The standard InChI is InChI=1S/C15H24N2/c1-12-9-17(10-13(12)2)11-15-5-3-14(4-6-15)7-8-16/h3-6,12-13H,7-11,16H2,1-2H3. The second-order valence-corrected chi connectivity index (χ2v) is 5.50. The van der Waals surface area contributed by atoms with Crippen LogP contribution in [-0.4, -0.2) is 24.5 Å². The summed E-state index contributed by atoms with van der Waals surface area (Å²) in [6.07, 6.45) is 0.984. The van der Waals surface area contributed by atoms with Gasteiger partial charge in [-0.2, -0.15) is 0 Å². The molecule has 17 heavy (non-hydrogen) atoms. The third-order valence-electron chi connectivity index (χ3n) is 3.93. The smallest absolute Gasteiger partial charge is 0.0233 e. The summed E-state index contributed by atoms with van der Waals surface area (Å²) in [6.45, 7) is 9.03. The zero-order valence-corrected chi connectivity index (χ0v) is 11.0. The van der Waals surface area contributed by atoms with E-state index in [0.29, 0.717) is 0 Å². The largest absolute Gasteiger partial charge is 0.330 e. The first-order valence-corrected chi connectivity index (χ1v) is 6.69. The molecular formula is C15H24N2. The number of nitrogens with zero attached hydrogens (tertiary/aromatic N) is 1. The molecule has 0 radical (unpaired) electrons. The van der Waals surface area contributed by atoms with E-state index < -0.39 is 0 Å². The molecule has 2 unspecified atom stereocenters. The molecule has 0 spiro atoms. The zero-order chi connectivity index (χ0) is 12.3. The fraction of sp³-hybridized carbons (Fsp3) is 0.600. The average Bonchev–Trinajstić information content (AvgIpc) is 2.61. The van der Waals surface area contributed by atoms with Gasteiger partial charge in [0.2, 0.25) is 0 Å². The van der Waals surface area contributed by atoms with Crippen molar-refractivity contribution in [3.63, 3.8) is 0 Å². The number of hydrogen-bond acceptors (Lipinski definition) is 2. The Balaban J connectivity index is 1.91. The van der Waals surface area contributed by atoms with E-state index in [9.17, 15) is 0 Å². The van der Waals surface area contributed by atoms with Crippen LogP contribution in [0.3, 0.4) is 0 Å². The summed E-state index contributed by atoms with van der Waals surface area (Å²) in [5.41, 5.74) is 8.32. The van der Waals surface area contributed by atoms with Crippen molar-refractivity contribution in [1.29, 1.82) is 0 Å². The predicted octanol–water partition coefficient (Wildman–Crippen LogP) is 2.28. The van der Waals surface area contributed by atoms with Crippen LogP contribution in [-0.2, 0) is 13.0 Å². The van der Waals surface area contributed by atoms with E-state index in [4.69, 9.17) is 5.73 Å². The Morgan fingerprint density at radius 3 is 2.12 bits per heavy atom. The lowest BCUT2D eigenvalue weighted by molar-refractivity contribution is 0.316. The molecule has 2 atom stereocenters. The first kappa shape index (κ1) is 12.6. The first-order valence-electron chi connectivity index (χ1n) is 6.69. The van der Waals surface area contributed by atoms with Gasteiger partial charge in [0.05, 0.1) is 0 Å². The Morgan fingerprint density at radius 1 is 1.06 bits per heavy atom. The van der Waals surface area contributed by atoms with E-state index in [1.807, 2.05) is 0 Å². The van der Waals surface area contributed by atoms with E-state index in [1.54, 1.807) is 0 Å². The number of benzene rings is 1. The Morgan fingerprint density at radius 2 is 1.59 bits per heavy atom. The van der Waals surface area contributed by atoms with Crippen LogP contribution in [0.15, 0.2) is 24.3 Å². The molecule has 0 amide bonds. The van der Waals surface area contributed by atoms with Crippen molar-refractivity contribution < 1.29 is 0 Å². The van der Waals surface area contributed by atoms with Crippen molar-refractivity contribution >= 4 is 0 Å². The SMILES string of the molecule is CC1CN(Cc2ccc(CCN)cc2)CC1C. The van der Waals surface area contributed by atoms with Gasteiger partial charge in [-0.3, -0.25) is 4.90 Å². The highest BCUT2D eigenvalue weighted by atomic mass is 15.1. The summed E-state index contributed by atoms with van der Waals surface area (Å²) >= 11 is 0. The maximum absolute atomic E-state index is 5.55. The van der Waals surface area contributed by atoms with Crippen molar-refractivity contribution in [1.82, 2.24) is 4.90 Å². The minimum absolute atomic E-state index is 0.737. The lowest BCUT2D eigenvalue weighted by Crippen LogP contribution is -2.20. The highest BCUT2D eigenvalue weighted by Crippen LogP contribution is 2.23. The van der Waals surface area contributed by atoms with Crippen LogP contribution in [0.1, 0.15) is 25.0 Å². The maximum atomic E-state index is 5.55. The molecule has 0 bridgehead atoms. The summed E-state index contributed by atoms with van der Waals surface area (Å²) in [5.74, 6) is 1.68. The molecule has 1 saturated heterocycles. The van der Waals surface area contributed by atoms with E-state index in [1.165, 1.54) is 24.2 Å². The van der Waals surface area contributed by atoms with Gasteiger partial charge in [-0.25, -0.2) is 0 Å². The fourth-order valence-corrected chi connectivity index (χ4v) is 2.61. The minimum atomic E-state index is 0.737. The Hall–Kier alpha value is -0.860. The molecular weight excluding hydrogens is 208 g/mol. The Bertz CT molecular complexity index is 334. The summed E-state index contributed by atoms with van der Waals surface area (Å²) in [6, 6.07) is 8.92. The number of hydrogen-bond donors (Lipinski definition) is 1. The topological polar surface area (TPSA) is 29.3 Å². The van der Waals surface area contributed by atoms with E-state index in [0.717, 1.165) is 31.3 Å². The second-order valence-electron chi connectivity index (χ2n) is 5.50. The van der Waals surface area contributed by atoms with Crippen LogP contribution < -0.4 is 5.73 Å². The van der Waals surface area contributed by atoms with Gasteiger partial charge in [-0.05, 0) is 35.9 Å². The van der Waals surface area contributed by atoms with Crippen LogP contribution in [0.5, 0.6) is 0 Å². The lowest BCUT2D eigenvalue weighted by atomic mass is 10.0. The quantitative estimate of drug-likeness (QED) is 0.863. The van der Waals surface area contributed by atoms with Gasteiger partial charge in [-0.1, -0.05) is 38.1 Å². The maximum Gasteiger partial charge on any atom is 0.0233 e. The van der Waals surface area contributed by atoms with Gasteiger partial charge >= 0.3 is 0 Å². The molecule has 1 aliphatic rings. The molecule has 0 aliphatic carbocycles. The van der Waals surface area contributed by atoms with Crippen molar-refractivity contribution in [3.8, 4) is 0 Å². The zero-order valence-electron chi connectivity index (χ0n) is 11.0. The summed E-state index contributed by atoms with van der Waals surface area (Å²) in [5, 5.41) is 0. The minimum Gasteiger partial charge on any atom is -0.330 e. The van der Waals surface area contributed by atoms with Crippen molar-refractivity contribution in [3.05, 3.63) is 35.4 Å². The van der Waals surface area contributed by atoms with Gasteiger partial charge in [-0.15, -0.1) is 0 Å². The van der Waals surface area contributed by atoms with Gasteiger partial charge in [0.25, 0.3) is 0 Å². The van der Waals surface area contributed by atoms with E-state index >= 15 is 0 Å². The predicted molar refractivity (Wildman–Crippen MR) is 72.8 cm³/mol. The molecule has 1 aromatic rings. The summed E-state index contributed by atoms with van der Waals surface area (Å²) in [4.78, 5) is 2.56. The Labute approximate surface area is 105 Å². The van der Waals surface area contributed by atoms with Crippen LogP contribution >= 0.6 is 0 Å². The third kappa shape index (κ3) is 3.30. The highest BCUT2D eigenvalue weighted by molar-refractivity contribution is 5.22. The highest BCUT2D eigenvalue weighted by Gasteiger charge is 2.25. The van der Waals surface area contributed by atoms with Crippen molar-refractivity contribution in [2.75, 3.05) is 19.6 Å². The molecule has 0 aromatic heterocycles. The van der Waals surface area contributed by atoms with Crippen LogP contribution in [0.4, 0.5) is 0 Å². The molecule has 2 heteroatoms. The second kappa shape index (κ2) is 5.65. The third-order valence-corrected chi connectivity index (χ3v) is 3.93. The average molecular weight is 232 g/mol. The van der Waals surface area contributed by atoms with Gasteiger partial charge < -0.3 is 5.73 Å². The Kier molecular flexibility index (Phi) is 4.19.